The maximum atomic E-state index is 12.8. The fourth-order valence-electron chi connectivity index (χ4n) is 8.20. The molecule has 12 nitrogen and oxygen atoms in total. The number of hydrogen-bond donors (Lipinski definition) is 4. The van der Waals surface area contributed by atoms with Gasteiger partial charge in [-0.15, -0.1) is 0 Å². The highest BCUT2D eigenvalue weighted by Gasteiger charge is 2.48. The third-order valence-corrected chi connectivity index (χ3v) is 12.6. The van der Waals surface area contributed by atoms with E-state index in [2.05, 4.69) is 30.2 Å². The van der Waals surface area contributed by atoms with E-state index in [-0.39, 0.29) is 19.6 Å². The molecule has 6 atom stereocenters. The van der Waals surface area contributed by atoms with Gasteiger partial charge in [0.15, 0.2) is 6.29 Å². The zero-order valence-corrected chi connectivity index (χ0v) is 41.0. The van der Waals surface area contributed by atoms with E-state index >= 15 is 0 Å². The molecule has 0 radical (unpaired) electrons. The summed E-state index contributed by atoms with van der Waals surface area (Å²) in [5.74, 6) is -0.397. The van der Waals surface area contributed by atoms with E-state index < -0.39 is 59.8 Å². The standard InChI is InChI=1S/C50H96O12S/c1-3-5-7-9-11-13-15-16-17-18-19-20-21-22-23-24-25-26-27-28-29-30-32-34-36-38-40-58-42-44(60-46(52)39-37-35-33-31-14-12-10-8-6-4-2)43-59-50-48(54)49(62-63(55,56)57)47(53)45(41-51)61-50/h18-19,44-45,47-51,53-54H,3-17,20-43H2,1-2H3,(H,55,56,57)/b19-18-. The quantitative estimate of drug-likeness (QED) is 0.0197. The first-order chi connectivity index (χ1) is 30.6. The molecule has 13 heteroatoms. The second-order valence-corrected chi connectivity index (χ2v) is 19.2. The molecule has 0 aromatic rings. The van der Waals surface area contributed by atoms with Crippen LogP contribution < -0.4 is 0 Å². The van der Waals surface area contributed by atoms with Crippen LogP contribution in [0.5, 0.6) is 0 Å². The van der Waals surface area contributed by atoms with Crippen LogP contribution in [0.2, 0.25) is 0 Å². The first kappa shape index (κ1) is 59.9. The van der Waals surface area contributed by atoms with Crippen LogP contribution in [-0.2, 0) is 38.3 Å². The minimum atomic E-state index is -5.06. The second-order valence-electron chi connectivity index (χ2n) is 18.1. The third kappa shape index (κ3) is 35.7. The monoisotopic (exact) mass is 921 g/mol. The van der Waals surface area contributed by atoms with Crippen molar-refractivity contribution in [1.29, 1.82) is 0 Å². The molecule has 0 spiro atoms. The summed E-state index contributed by atoms with van der Waals surface area (Å²) in [6.07, 6.45) is 38.4. The number of esters is 1. The molecule has 1 rings (SSSR count). The van der Waals surface area contributed by atoms with Crippen molar-refractivity contribution in [1.82, 2.24) is 0 Å². The lowest BCUT2D eigenvalue weighted by Gasteiger charge is -2.41. The average Bonchev–Trinajstić information content (AvgIpc) is 3.26. The normalized spacial score (nSPS) is 19.9. The Balaban J connectivity index is 2.24. The summed E-state index contributed by atoms with van der Waals surface area (Å²) in [7, 11) is -5.06. The summed E-state index contributed by atoms with van der Waals surface area (Å²) in [6, 6.07) is 0. The van der Waals surface area contributed by atoms with E-state index in [0.717, 1.165) is 38.5 Å². The minimum absolute atomic E-state index is 0.0420. The Morgan fingerprint density at radius 1 is 0.587 bits per heavy atom. The molecule has 6 unspecified atom stereocenters. The number of allylic oxidation sites excluding steroid dienone is 2. The molecule has 1 fully saturated rings. The SMILES string of the molecule is CCCCCCCCCC/C=C\CCCCCCCCCCCCCCCCOCC(COC1OC(CO)C(O)C(OS(=O)(=O)O)C1O)OC(=O)CCCCCCCCCCCC. The van der Waals surface area contributed by atoms with Gasteiger partial charge in [-0.25, -0.2) is 4.18 Å². The number of rotatable bonds is 46. The molecule has 1 saturated heterocycles. The maximum absolute atomic E-state index is 12.8. The van der Waals surface area contributed by atoms with E-state index in [1.165, 1.54) is 173 Å². The molecule has 374 valence electrons. The van der Waals surface area contributed by atoms with Crippen LogP contribution in [0.3, 0.4) is 0 Å². The molecule has 1 aliphatic rings. The van der Waals surface area contributed by atoms with Gasteiger partial charge in [0.1, 0.15) is 30.5 Å². The van der Waals surface area contributed by atoms with Crippen molar-refractivity contribution in [3.63, 3.8) is 0 Å². The van der Waals surface area contributed by atoms with Crippen molar-refractivity contribution in [3.8, 4) is 0 Å². The van der Waals surface area contributed by atoms with Gasteiger partial charge >= 0.3 is 16.4 Å². The smallest absolute Gasteiger partial charge is 0.397 e. The van der Waals surface area contributed by atoms with Gasteiger partial charge in [0.05, 0.1) is 19.8 Å². The summed E-state index contributed by atoms with van der Waals surface area (Å²) in [5.41, 5.74) is 0. The number of ether oxygens (including phenoxy) is 4. The van der Waals surface area contributed by atoms with Crippen LogP contribution in [0.4, 0.5) is 0 Å². The molecule has 4 N–H and O–H groups in total. The van der Waals surface area contributed by atoms with Crippen molar-refractivity contribution in [2.75, 3.05) is 26.4 Å². The largest absolute Gasteiger partial charge is 0.457 e. The second kappa shape index (κ2) is 42.2. The number of hydrogen-bond acceptors (Lipinski definition) is 11. The zero-order valence-electron chi connectivity index (χ0n) is 40.2. The van der Waals surface area contributed by atoms with Crippen molar-refractivity contribution in [2.24, 2.45) is 0 Å². The average molecular weight is 921 g/mol. The van der Waals surface area contributed by atoms with E-state index in [0.29, 0.717) is 13.0 Å². The molecule has 1 heterocycles. The fraction of sp³-hybridized carbons (Fsp3) is 0.940. The van der Waals surface area contributed by atoms with Gasteiger partial charge in [0, 0.05) is 13.0 Å². The third-order valence-electron chi connectivity index (χ3n) is 12.1. The summed E-state index contributed by atoms with van der Waals surface area (Å²) >= 11 is 0. The molecule has 0 bridgehead atoms. The highest BCUT2D eigenvalue weighted by atomic mass is 32.3. The number of carbonyl (C=O) groups is 1. The van der Waals surface area contributed by atoms with Crippen molar-refractivity contribution >= 4 is 16.4 Å². The first-order valence-electron chi connectivity index (χ1n) is 25.9. The van der Waals surface area contributed by atoms with E-state index in [4.69, 9.17) is 23.5 Å². The van der Waals surface area contributed by atoms with Gasteiger partial charge in [-0.2, -0.15) is 8.42 Å². The highest BCUT2D eigenvalue weighted by molar-refractivity contribution is 7.80. The van der Waals surface area contributed by atoms with Crippen LogP contribution in [0.25, 0.3) is 0 Å². The summed E-state index contributed by atoms with van der Waals surface area (Å²) < 4.78 is 59.1. The Morgan fingerprint density at radius 2 is 1.00 bits per heavy atom. The first-order valence-corrected chi connectivity index (χ1v) is 27.3. The lowest BCUT2D eigenvalue weighted by molar-refractivity contribution is -0.301. The van der Waals surface area contributed by atoms with Crippen molar-refractivity contribution in [3.05, 3.63) is 12.2 Å². The predicted octanol–water partition coefficient (Wildman–Crippen LogP) is 11.8. The van der Waals surface area contributed by atoms with Gasteiger partial charge in [0.25, 0.3) is 0 Å². The predicted molar refractivity (Wildman–Crippen MR) is 253 cm³/mol. The van der Waals surface area contributed by atoms with Crippen LogP contribution in [0.15, 0.2) is 12.2 Å². The summed E-state index contributed by atoms with van der Waals surface area (Å²) in [6.45, 7) is 4.01. The van der Waals surface area contributed by atoms with Crippen LogP contribution >= 0.6 is 0 Å². The number of carbonyl (C=O) groups excluding carboxylic acids is 1. The Kier molecular flexibility index (Phi) is 40.1. The van der Waals surface area contributed by atoms with Gasteiger partial charge in [-0.05, 0) is 38.5 Å². The van der Waals surface area contributed by atoms with Gasteiger partial charge < -0.3 is 34.3 Å². The Morgan fingerprint density at radius 3 is 1.43 bits per heavy atom. The molecule has 0 amide bonds. The maximum Gasteiger partial charge on any atom is 0.397 e. The molecule has 1 aliphatic heterocycles. The molecule has 0 aromatic heterocycles. The van der Waals surface area contributed by atoms with E-state index in [1.807, 2.05) is 0 Å². The number of aliphatic hydroxyl groups excluding tert-OH is 3. The van der Waals surface area contributed by atoms with Crippen LogP contribution in [-0.4, -0.2) is 97.5 Å². The van der Waals surface area contributed by atoms with Gasteiger partial charge in [-0.1, -0.05) is 206 Å². The van der Waals surface area contributed by atoms with Crippen LogP contribution in [0, 0.1) is 0 Å². The highest BCUT2D eigenvalue weighted by Crippen LogP contribution is 2.26. The molecular formula is C50H96O12S. The molecule has 63 heavy (non-hydrogen) atoms. The van der Waals surface area contributed by atoms with Gasteiger partial charge in [-0.3, -0.25) is 9.35 Å². The molecular weight excluding hydrogens is 825 g/mol. The van der Waals surface area contributed by atoms with E-state index in [1.54, 1.807) is 0 Å². The van der Waals surface area contributed by atoms with Crippen molar-refractivity contribution in [2.45, 2.75) is 275 Å². The Labute approximate surface area is 385 Å². The van der Waals surface area contributed by atoms with Crippen molar-refractivity contribution < 1.29 is 56.2 Å². The Bertz CT molecular complexity index is 1150. The summed E-state index contributed by atoms with van der Waals surface area (Å²) in [5, 5.41) is 30.7. The lowest BCUT2D eigenvalue weighted by atomic mass is 9.99. The summed E-state index contributed by atoms with van der Waals surface area (Å²) in [4.78, 5) is 12.8. The minimum Gasteiger partial charge on any atom is -0.457 e. The van der Waals surface area contributed by atoms with E-state index in [9.17, 15) is 28.5 Å². The number of unbranched alkanes of at least 4 members (excludes halogenated alkanes) is 31. The fourth-order valence-corrected chi connectivity index (χ4v) is 8.71. The number of aliphatic hydroxyl groups is 3. The van der Waals surface area contributed by atoms with Gasteiger partial charge in [0.2, 0.25) is 0 Å². The molecule has 0 aliphatic carbocycles. The molecule has 0 saturated carbocycles. The lowest BCUT2D eigenvalue weighted by Crippen LogP contribution is -2.60. The van der Waals surface area contributed by atoms with Crippen LogP contribution in [0.1, 0.15) is 239 Å². The molecule has 0 aromatic carbocycles. The Hall–Kier alpha value is -1.16. The zero-order chi connectivity index (χ0) is 46.1. The topological polar surface area (TPSA) is 178 Å².